The molecular formula is C24H39N5. The number of nitrogens with zero attached hydrogens (tertiary/aromatic N) is 3. The lowest BCUT2D eigenvalue weighted by Gasteiger charge is -2.20. The number of rotatable bonds is 7. The van der Waals surface area contributed by atoms with Gasteiger partial charge in [0.2, 0.25) is 0 Å². The van der Waals surface area contributed by atoms with Crippen molar-refractivity contribution in [1.29, 1.82) is 0 Å². The van der Waals surface area contributed by atoms with E-state index in [2.05, 4.69) is 62.8 Å². The first-order valence-corrected chi connectivity index (χ1v) is 11.3. The molecule has 1 fully saturated rings. The Morgan fingerprint density at radius 2 is 1.79 bits per heavy atom. The van der Waals surface area contributed by atoms with Crippen LogP contribution in [0.15, 0.2) is 40.9 Å². The number of guanidine groups is 1. The maximum absolute atomic E-state index is 4.36. The van der Waals surface area contributed by atoms with Gasteiger partial charge < -0.3 is 15.5 Å². The monoisotopic (exact) mass is 397 g/mol. The molecule has 1 heterocycles. The summed E-state index contributed by atoms with van der Waals surface area (Å²) in [6.45, 7) is 7.57. The van der Waals surface area contributed by atoms with Crippen molar-refractivity contribution >= 4 is 5.96 Å². The van der Waals surface area contributed by atoms with Gasteiger partial charge in [0.05, 0.1) is 0 Å². The van der Waals surface area contributed by atoms with E-state index >= 15 is 0 Å². The predicted molar refractivity (Wildman–Crippen MR) is 123 cm³/mol. The standard InChI is InChI=1S/C24H39N5/c1-25-24(26-14-13-21-7-4-3-5-8-21)27-19-22-9-11-23(12-10-22)20-29-16-6-15-28(2)17-18-29/h7,9-12H,3-6,8,13-20H2,1-2H3,(H2,25,26,27). The number of likely N-dealkylation sites (N-methyl/N-ethyl adjacent to an activating group) is 1. The number of aliphatic imine (C=N–C) groups is 1. The molecule has 2 aliphatic rings. The van der Waals surface area contributed by atoms with Crippen LogP contribution in [0.2, 0.25) is 0 Å². The first-order chi connectivity index (χ1) is 14.2. The number of hydrogen-bond donors (Lipinski definition) is 2. The summed E-state index contributed by atoms with van der Waals surface area (Å²) in [5.74, 6) is 0.888. The highest BCUT2D eigenvalue weighted by Crippen LogP contribution is 2.19. The molecule has 160 valence electrons. The summed E-state index contributed by atoms with van der Waals surface area (Å²) in [5, 5.41) is 6.89. The first kappa shape index (κ1) is 21.8. The van der Waals surface area contributed by atoms with E-state index < -0.39 is 0 Å². The van der Waals surface area contributed by atoms with Gasteiger partial charge in [-0.25, -0.2) is 0 Å². The molecule has 0 amide bonds. The van der Waals surface area contributed by atoms with Crippen molar-refractivity contribution < 1.29 is 0 Å². The summed E-state index contributed by atoms with van der Waals surface area (Å²) < 4.78 is 0. The van der Waals surface area contributed by atoms with E-state index in [9.17, 15) is 0 Å². The Labute approximate surface area is 177 Å². The van der Waals surface area contributed by atoms with Crippen LogP contribution in [0, 0.1) is 0 Å². The van der Waals surface area contributed by atoms with Crippen molar-refractivity contribution in [2.75, 3.05) is 46.8 Å². The molecule has 1 aliphatic carbocycles. The minimum atomic E-state index is 0.803. The largest absolute Gasteiger partial charge is 0.356 e. The highest BCUT2D eigenvalue weighted by molar-refractivity contribution is 5.79. The van der Waals surface area contributed by atoms with E-state index in [0.29, 0.717) is 0 Å². The van der Waals surface area contributed by atoms with Gasteiger partial charge in [-0.1, -0.05) is 35.9 Å². The zero-order chi connectivity index (χ0) is 20.3. The first-order valence-electron chi connectivity index (χ1n) is 11.3. The smallest absolute Gasteiger partial charge is 0.191 e. The Kier molecular flexibility index (Phi) is 9.03. The molecule has 2 N–H and O–H groups in total. The van der Waals surface area contributed by atoms with Crippen LogP contribution in [-0.4, -0.2) is 62.6 Å². The Morgan fingerprint density at radius 3 is 2.55 bits per heavy atom. The summed E-state index contributed by atoms with van der Waals surface area (Å²) in [7, 11) is 4.07. The number of hydrogen-bond acceptors (Lipinski definition) is 3. The van der Waals surface area contributed by atoms with E-state index in [1.54, 1.807) is 5.57 Å². The molecule has 1 aromatic carbocycles. The predicted octanol–water partition coefficient (Wildman–Crippen LogP) is 3.38. The summed E-state index contributed by atoms with van der Waals surface area (Å²) in [4.78, 5) is 9.37. The fraction of sp³-hybridized carbons (Fsp3) is 0.625. The van der Waals surface area contributed by atoms with Crippen molar-refractivity contribution in [2.24, 2.45) is 4.99 Å². The minimum absolute atomic E-state index is 0.803. The van der Waals surface area contributed by atoms with Gasteiger partial charge in [0.25, 0.3) is 0 Å². The maximum Gasteiger partial charge on any atom is 0.191 e. The lowest BCUT2D eigenvalue weighted by Crippen LogP contribution is -2.37. The van der Waals surface area contributed by atoms with Gasteiger partial charge in [-0.15, -0.1) is 0 Å². The third-order valence-corrected chi connectivity index (χ3v) is 6.05. The molecule has 1 aromatic rings. The molecule has 5 nitrogen and oxygen atoms in total. The Balaban J connectivity index is 1.38. The lowest BCUT2D eigenvalue weighted by atomic mass is 9.97. The number of benzene rings is 1. The molecule has 0 atom stereocenters. The molecule has 0 aromatic heterocycles. The molecule has 5 heteroatoms. The molecular weight excluding hydrogens is 358 g/mol. The van der Waals surface area contributed by atoms with Gasteiger partial charge in [-0.2, -0.15) is 0 Å². The van der Waals surface area contributed by atoms with Crippen molar-refractivity contribution in [3.63, 3.8) is 0 Å². The third-order valence-electron chi connectivity index (χ3n) is 6.05. The van der Waals surface area contributed by atoms with Crippen LogP contribution in [0.3, 0.4) is 0 Å². The van der Waals surface area contributed by atoms with Crippen molar-refractivity contribution in [1.82, 2.24) is 20.4 Å². The average molecular weight is 398 g/mol. The van der Waals surface area contributed by atoms with Crippen LogP contribution in [0.1, 0.15) is 49.7 Å². The van der Waals surface area contributed by atoms with E-state index in [0.717, 1.165) is 32.0 Å². The number of nitrogens with one attached hydrogen (secondary N) is 2. The highest BCUT2D eigenvalue weighted by atomic mass is 15.2. The lowest BCUT2D eigenvalue weighted by molar-refractivity contribution is 0.269. The Morgan fingerprint density at radius 1 is 0.966 bits per heavy atom. The van der Waals surface area contributed by atoms with Crippen LogP contribution in [0.4, 0.5) is 0 Å². The fourth-order valence-electron chi connectivity index (χ4n) is 4.16. The van der Waals surface area contributed by atoms with Crippen LogP contribution < -0.4 is 10.6 Å². The van der Waals surface area contributed by atoms with Gasteiger partial charge in [0, 0.05) is 39.8 Å². The molecule has 1 aliphatic heterocycles. The Bertz CT molecular complexity index is 664. The maximum atomic E-state index is 4.36. The van der Waals surface area contributed by atoms with Crippen molar-refractivity contribution in [2.45, 2.75) is 51.6 Å². The van der Waals surface area contributed by atoms with Crippen LogP contribution >= 0.6 is 0 Å². The molecule has 1 saturated heterocycles. The van der Waals surface area contributed by atoms with E-state index in [4.69, 9.17) is 0 Å². The van der Waals surface area contributed by atoms with Crippen molar-refractivity contribution in [3.05, 3.63) is 47.0 Å². The summed E-state index contributed by atoms with van der Waals surface area (Å²) in [6, 6.07) is 9.04. The van der Waals surface area contributed by atoms with E-state index in [1.165, 1.54) is 69.4 Å². The van der Waals surface area contributed by atoms with E-state index in [1.807, 2.05) is 7.05 Å². The quantitative estimate of drug-likeness (QED) is 0.421. The minimum Gasteiger partial charge on any atom is -0.356 e. The molecule has 0 saturated carbocycles. The van der Waals surface area contributed by atoms with Gasteiger partial charge in [0.1, 0.15) is 0 Å². The summed E-state index contributed by atoms with van der Waals surface area (Å²) >= 11 is 0. The second kappa shape index (κ2) is 12.0. The molecule has 0 bridgehead atoms. The molecule has 0 unspecified atom stereocenters. The zero-order valence-corrected chi connectivity index (χ0v) is 18.4. The second-order valence-corrected chi connectivity index (χ2v) is 8.46. The van der Waals surface area contributed by atoms with E-state index in [-0.39, 0.29) is 0 Å². The van der Waals surface area contributed by atoms with Crippen molar-refractivity contribution in [3.8, 4) is 0 Å². The SMILES string of the molecule is CN=C(NCCC1=CCCCC1)NCc1ccc(CN2CCCN(C)CC2)cc1. The van der Waals surface area contributed by atoms with Crippen LogP contribution in [0.25, 0.3) is 0 Å². The molecule has 29 heavy (non-hydrogen) atoms. The van der Waals surface area contributed by atoms with Gasteiger partial charge in [-0.3, -0.25) is 9.89 Å². The van der Waals surface area contributed by atoms with Gasteiger partial charge >= 0.3 is 0 Å². The summed E-state index contributed by atoms with van der Waals surface area (Å²) in [5.41, 5.74) is 4.30. The highest BCUT2D eigenvalue weighted by Gasteiger charge is 2.12. The van der Waals surface area contributed by atoms with Gasteiger partial charge in [-0.05, 0) is 69.8 Å². The molecule has 0 spiro atoms. The topological polar surface area (TPSA) is 42.9 Å². The number of allylic oxidation sites excluding steroid dienone is 1. The second-order valence-electron chi connectivity index (χ2n) is 8.46. The third kappa shape index (κ3) is 7.82. The molecule has 0 radical (unpaired) electrons. The Hall–Kier alpha value is -1.85. The average Bonchev–Trinajstić information content (AvgIpc) is 2.96. The van der Waals surface area contributed by atoms with Gasteiger partial charge in [0.15, 0.2) is 5.96 Å². The fourth-order valence-corrected chi connectivity index (χ4v) is 4.16. The molecule has 3 rings (SSSR count). The normalized spacial score (nSPS) is 19.5. The summed E-state index contributed by atoms with van der Waals surface area (Å²) in [6.07, 6.45) is 10.1. The van der Waals surface area contributed by atoms with Crippen LogP contribution in [0.5, 0.6) is 0 Å². The van der Waals surface area contributed by atoms with Crippen LogP contribution in [-0.2, 0) is 13.1 Å². The zero-order valence-electron chi connectivity index (χ0n) is 18.4.